The Kier molecular flexibility index (Phi) is 7.42. The van der Waals surface area contributed by atoms with Crippen molar-refractivity contribution in [1.29, 1.82) is 0 Å². The molecule has 3 aromatic heterocycles. The molecule has 3 heterocycles. The highest BCUT2D eigenvalue weighted by Gasteiger charge is 2.21. The van der Waals surface area contributed by atoms with Crippen molar-refractivity contribution >= 4 is 71.5 Å². The fourth-order valence-corrected chi connectivity index (χ4v) is 8.90. The zero-order chi connectivity index (χ0) is 38.0. The SMILES string of the molecule is C#C/C=C\c1c(C)c2ccccc2c2nc(-c3cccc(-n4c5ccccc5c5c6c7ccccc7n(-c7ccc(-c8ccccc8)cc7)c6ccc54)c3)cnc12. The molecule has 266 valence electrons. The van der Waals surface area contributed by atoms with E-state index in [1.165, 1.54) is 43.7 Å². The summed E-state index contributed by atoms with van der Waals surface area (Å²) in [4.78, 5) is 10.3. The first kappa shape index (κ1) is 32.7. The average Bonchev–Trinajstić information content (AvgIpc) is 3.79. The maximum absolute atomic E-state index is 5.63. The summed E-state index contributed by atoms with van der Waals surface area (Å²) in [5.74, 6) is 2.64. The Labute approximate surface area is 329 Å². The number of terminal acetylenes is 1. The topological polar surface area (TPSA) is 35.6 Å². The minimum Gasteiger partial charge on any atom is -0.309 e. The quantitative estimate of drug-likeness (QED) is 0.131. The van der Waals surface area contributed by atoms with Crippen LogP contribution in [0.1, 0.15) is 11.1 Å². The molecule has 0 fully saturated rings. The molecule has 0 aliphatic heterocycles. The predicted molar refractivity (Wildman–Crippen MR) is 239 cm³/mol. The van der Waals surface area contributed by atoms with Gasteiger partial charge in [0, 0.05) is 49.4 Å². The van der Waals surface area contributed by atoms with Crippen molar-refractivity contribution in [2.45, 2.75) is 6.92 Å². The molecular formula is C53H34N4. The van der Waals surface area contributed by atoms with Crippen LogP contribution in [0.2, 0.25) is 0 Å². The molecule has 0 amide bonds. The highest BCUT2D eigenvalue weighted by atomic mass is 15.0. The van der Waals surface area contributed by atoms with Gasteiger partial charge in [-0.3, -0.25) is 4.98 Å². The van der Waals surface area contributed by atoms with Crippen LogP contribution in [0, 0.1) is 19.3 Å². The summed E-state index contributed by atoms with van der Waals surface area (Å²) < 4.78 is 4.80. The van der Waals surface area contributed by atoms with Gasteiger partial charge >= 0.3 is 0 Å². The lowest BCUT2D eigenvalue weighted by molar-refractivity contribution is 1.17. The standard InChI is InChI=1S/C53H34N4/c1-3-4-19-41-34(2)40-20-8-9-21-42(40)53-52(41)54-33-45(55-53)37-17-14-18-39(32-37)57-47-25-13-11-23-44(47)51-49(57)31-30-48-50(51)43-22-10-12-24-46(43)56(48)38-28-26-36(27-29-38)35-15-6-5-7-16-35/h1,4-33H,2H3/b19-4-. The summed E-state index contributed by atoms with van der Waals surface area (Å²) >= 11 is 0. The minimum atomic E-state index is 0.815. The van der Waals surface area contributed by atoms with Crippen molar-refractivity contribution in [3.8, 4) is 46.1 Å². The van der Waals surface area contributed by atoms with E-state index in [0.717, 1.165) is 66.6 Å². The maximum Gasteiger partial charge on any atom is 0.0979 e. The Bertz CT molecular complexity index is 3470. The lowest BCUT2D eigenvalue weighted by Crippen LogP contribution is -1.97. The fourth-order valence-electron chi connectivity index (χ4n) is 8.90. The van der Waals surface area contributed by atoms with Crippen molar-refractivity contribution in [3.05, 3.63) is 187 Å². The van der Waals surface area contributed by atoms with Gasteiger partial charge in [-0.25, -0.2) is 4.98 Å². The predicted octanol–water partition coefficient (Wildman–Crippen LogP) is 13.3. The molecule has 57 heavy (non-hydrogen) atoms. The Morgan fingerprint density at radius 2 is 1.09 bits per heavy atom. The fraction of sp³-hybridized carbons (Fsp3) is 0.0189. The van der Waals surface area contributed by atoms with Crippen molar-refractivity contribution in [2.75, 3.05) is 0 Å². The molecule has 0 aliphatic carbocycles. The van der Waals surface area contributed by atoms with E-state index in [1.54, 1.807) is 6.08 Å². The molecule has 0 aliphatic rings. The van der Waals surface area contributed by atoms with Crippen LogP contribution >= 0.6 is 0 Å². The molecule has 0 unspecified atom stereocenters. The Morgan fingerprint density at radius 1 is 0.509 bits per heavy atom. The summed E-state index contributed by atoms with van der Waals surface area (Å²) in [6.45, 7) is 2.12. The summed E-state index contributed by atoms with van der Waals surface area (Å²) in [6.07, 6.45) is 11.2. The normalized spacial score (nSPS) is 11.9. The van der Waals surface area contributed by atoms with Crippen molar-refractivity contribution < 1.29 is 0 Å². The second kappa shape index (κ2) is 12.9. The number of aryl methyl sites for hydroxylation is 1. The van der Waals surface area contributed by atoms with Gasteiger partial charge in [0.05, 0.1) is 45.0 Å². The number of aromatic nitrogens is 4. The van der Waals surface area contributed by atoms with Gasteiger partial charge in [0.25, 0.3) is 0 Å². The lowest BCUT2D eigenvalue weighted by atomic mass is 9.97. The number of benzene rings is 8. The third-order valence-corrected chi connectivity index (χ3v) is 11.5. The summed E-state index contributed by atoms with van der Waals surface area (Å²) in [5.41, 5.74) is 14.9. The number of nitrogens with zero attached hydrogens (tertiary/aromatic N) is 4. The van der Waals surface area contributed by atoms with E-state index in [1.807, 2.05) is 12.3 Å². The molecule has 0 atom stereocenters. The van der Waals surface area contributed by atoms with Crippen LogP contribution in [-0.2, 0) is 0 Å². The van der Waals surface area contributed by atoms with Crippen LogP contribution in [-0.4, -0.2) is 19.1 Å². The van der Waals surface area contributed by atoms with Crippen LogP contribution < -0.4 is 0 Å². The summed E-state index contributed by atoms with van der Waals surface area (Å²) in [6, 6.07) is 58.6. The van der Waals surface area contributed by atoms with Gasteiger partial charge in [0.15, 0.2) is 0 Å². The van der Waals surface area contributed by atoms with E-state index >= 15 is 0 Å². The summed E-state index contributed by atoms with van der Waals surface area (Å²) in [5, 5.41) is 7.15. The van der Waals surface area contributed by atoms with Crippen molar-refractivity contribution in [2.24, 2.45) is 0 Å². The van der Waals surface area contributed by atoms with Gasteiger partial charge < -0.3 is 9.13 Å². The zero-order valence-corrected chi connectivity index (χ0v) is 31.2. The molecule has 4 nitrogen and oxygen atoms in total. The van der Waals surface area contributed by atoms with Crippen LogP contribution in [0.3, 0.4) is 0 Å². The van der Waals surface area contributed by atoms with E-state index in [2.05, 4.69) is 186 Å². The van der Waals surface area contributed by atoms with Gasteiger partial charge in [-0.1, -0.05) is 121 Å². The van der Waals surface area contributed by atoms with Gasteiger partial charge in [-0.15, -0.1) is 6.42 Å². The van der Waals surface area contributed by atoms with E-state index < -0.39 is 0 Å². The van der Waals surface area contributed by atoms with Gasteiger partial charge in [-0.05, 0) is 89.7 Å². The smallest absolute Gasteiger partial charge is 0.0979 e. The monoisotopic (exact) mass is 726 g/mol. The van der Waals surface area contributed by atoms with Crippen molar-refractivity contribution in [3.63, 3.8) is 0 Å². The van der Waals surface area contributed by atoms with Gasteiger partial charge in [0.2, 0.25) is 0 Å². The first-order valence-corrected chi connectivity index (χ1v) is 19.2. The zero-order valence-electron chi connectivity index (χ0n) is 31.2. The average molecular weight is 727 g/mol. The third-order valence-electron chi connectivity index (χ3n) is 11.5. The molecule has 4 heteroatoms. The van der Waals surface area contributed by atoms with Crippen molar-refractivity contribution in [1.82, 2.24) is 19.1 Å². The highest BCUT2D eigenvalue weighted by molar-refractivity contribution is 6.29. The maximum atomic E-state index is 5.63. The molecule has 8 aromatic carbocycles. The van der Waals surface area contributed by atoms with E-state index in [-0.39, 0.29) is 0 Å². The Balaban J connectivity index is 1.11. The number of hydrogen-bond donors (Lipinski definition) is 0. The Hall–Kier alpha value is -7.74. The van der Waals surface area contributed by atoms with E-state index in [0.29, 0.717) is 0 Å². The number of hydrogen-bond acceptors (Lipinski definition) is 2. The van der Waals surface area contributed by atoms with Crippen LogP contribution in [0.25, 0.3) is 105 Å². The molecular weight excluding hydrogens is 693 g/mol. The molecule has 0 N–H and O–H groups in total. The number of rotatable bonds is 5. The van der Waals surface area contributed by atoms with Gasteiger partial charge in [-0.2, -0.15) is 0 Å². The molecule has 11 aromatic rings. The number of fused-ring (bicyclic) bond motifs is 10. The Morgan fingerprint density at radius 3 is 1.77 bits per heavy atom. The first-order valence-electron chi connectivity index (χ1n) is 19.2. The largest absolute Gasteiger partial charge is 0.309 e. The lowest BCUT2D eigenvalue weighted by Gasteiger charge is -2.13. The number of allylic oxidation sites excluding steroid dienone is 1. The minimum absolute atomic E-state index is 0.815. The highest BCUT2D eigenvalue weighted by Crippen LogP contribution is 2.43. The van der Waals surface area contributed by atoms with E-state index in [4.69, 9.17) is 16.4 Å². The third kappa shape index (κ3) is 5.03. The second-order valence-electron chi connectivity index (χ2n) is 14.6. The molecule has 0 bridgehead atoms. The molecule has 0 saturated heterocycles. The summed E-state index contributed by atoms with van der Waals surface area (Å²) in [7, 11) is 0. The van der Waals surface area contributed by atoms with Crippen LogP contribution in [0.15, 0.2) is 176 Å². The first-order chi connectivity index (χ1) is 28.2. The molecule has 0 saturated carbocycles. The molecule has 0 radical (unpaired) electrons. The molecule has 11 rings (SSSR count). The number of para-hydroxylation sites is 2. The second-order valence-corrected chi connectivity index (χ2v) is 14.6. The van der Waals surface area contributed by atoms with Crippen LogP contribution in [0.4, 0.5) is 0 Å². The van der Waals surface area contributed by atoms with Gasteiger partial charge in [0.1, 0.15) is 0 Å². The van der Waals surface area contributed by atoms with E-state index in [9.17, 15) is 0 Å². The molecule has 0 spiro atoms. The van der Waals surface area contributed by atoms with Crippen LogP contribution in [0.5, 0.6) is 0 Å².